The average Bonchev–Trinajstić information content (AvgIpc) is 2.70. The number of benzene rings is 2. The standard InChI is InChI=1S/C25H28F2/c1-3-4-5-6-7-19-9-11-20(12-10-19)21-13-15-22(16-14-21)23-17-8-18(2)24(26)25(23)27/h3,8-12,15,17,21H,1,4-7,13-14,16H2,2H3. The number of rotatable bonds is 7. The Balaban J connectivity index is 1.63. The molecule has 0 saturated heterocycles. The average molecular weight is 366 g/mol. The summed E-state index contributed by atoms with van der Waals surface area (Å²) in [5, 5.41) is 0. The lowest BCUT2D eigenvalue weighted by Crippen LogP contribution is -2.06. The summed E-state index contributed by atoms with van der Waals surface area (Å²) >= 11 is 0. The molecule has 0 N–H and O–H groups in total. The molecule has 0 aromatic heterocycles. The van der Waals surface area contributed by atoms with Crippen LogP contribution in [0.5, 0.6) is 0 Å². The first kappa shape index (κ1) is 19.5. The number of hydrogen-bond acceptors (Lipinski definition) is 0. The fourth-order valence-corrected chi connectivity index (χ4v) is 3.85. The van der Waals surface area contributed by atoms with Crippen molar-refractivity contribution in [1.82, 2.24) is 0 Å². The van der Waals surface area contributed by atoms with Crippen molar-refractivity contribution in [2.45, 2.75) is 57.8 Å². The Bertz CT molecular complexity index is 815. The van der Waals surface area contributed by atoms with Gasteiger partial charge in [0, 0.05) is 5.56 Å². The summed E-state index contributed by atoms with van der Waals surface area (Å²) in [6.45, 7) is 5.36. The molecule has 142 valence electrons. The van der Waals surface area contributed by atoms with Gasteiger partial charge in [-0.05, 0) is 80.1 Å². The summed E-state index contributed by atoms with van der Waals surface area (Å²) in [7, 11) is 0. The van der Waals surface area contributed by atoms with Gasteiger partial charge in [-0.25, -0.2) is 8.78 Å². The van der Waals surface area contributed by atoms with Crippen LogP contribution in [0, 0.1) is 18.6 Å². The fourth-order valence-electron chi connectivity index (χ4n) is 3.85. The van der Waals surface area contributed by atoms with Gasteiger partial charge in [0.05, 0.1) is 0 Å². The van der Waals surface area contributed by atoms with Crippen molar-refractivity contribution in [2.75, 3.05) is 0 Å². The Hall–Kier alpha value is -2.22. The Labute approximate surface area is 161 Å². The monoisotopic (exact) mass is 366 g/mol. The molecule has 0 saturated carbocycles. The molecule has 0 fully saturated rings. The van der Waals surface area contributed by atoms with Gasteiger partial charge < -0.3 is 0 Å². The smallest absolute Gasteiger partial charge is 0.166 e. The third-order valence-electron chi connectivity index (χ3n) is 5.61. The Morgan fingerprint density at radius 2 is 1.81 bits per heavy atom. The lowest BCUT2D eigenvalue weighted by Gasteiger charge is -2.23. The van der Waals surface area contributed by atoms with Crippen LogP contribution in [0.25, 0.3) is 5.57 Å². The quantitative estimate of drug-likeness (QED) is 0.351. The first-order valence-corrected chi connectivity index (χ1v) is 9.94. The molecule has 1 unspecified atom stereocenters. The number of hydrogen-bond donors (Lipinski definition) is 0. The summed E-state index contributed by atoms with van der Waals surface area (Å²) in [5.41, 5.74) is 4.44. The van der Waals surface area contributed by atoms with E-state index in [1.807, 2.05) is 6.08 Å². The van der Waals surface area contributed by atoms with Crippen LogP contribution in [0.3, 0.4) is 0 Å². The highest BCUT2D eigenvalue weighted by atomic mass is 19.2. The van der Waals surface area contributed by atoms with Crippen molar-refractivity contribution in [3.63, 3.8) is 0 Å². The Kier molecular flexibility index (Phi) is 6.60. The van der Waals surface area contributed by atoms with Crippen molar-refractivity contribution in [3.05, 3.63) is 89.0 Å². The van der Waals surface area contributed by atoms with Crippen LogP contribution in [0.1, 0.15) is 66.7 Å². The summed E-state index contributed by atoms with van der Waals surface area (Å²) in [5.74, 6) is -0.971. The van der Waals surface area contributed by atoms with E-state index >= 15 is 0 Å². The number of aryl methyl sites for hydroxylation is 2. The maximum absolute atomic E-state index is 14.2. The molecule has 3 rings (SSSR count). The summed E-state index contributed by atoms with van der Waals surface area (Å²) in [6, 6.07) is 12.3. The van der Waals surface area contributed by atoms with Crippen LogP contribution >= 0.6 is 0 Å². The predicted molar refractivity (Wildman–Crippen MR) is 110 cm³/mol. The van der Waals surface area contributed by atoms with Crippen molar-refractivity contribution in [1.29, 1.82) is 0 Å². The van der Waals surface area contributed by atoms with Gasteiger partial charge in [-0.15, -0.1) is 6.58 Å². The predicted octanol–water partition coefficient (Wildman–Crippen LogP) is 7.52. The van der Waals surface area contributed by atoms with E-state index in [-0.39, 0.29) is 0 Å². The van der Waals surface area contributed by atoms with E-state index in [0.717, 1.165) is 37.7 Å². The van der Waals surface area contributed by atoms with Crippen LogP contribution in [0.4, 0.5) is 8.78 Å². The van der Waals surface area contributed by atoms with Gasteiger partial charge in [-0.2, -0.15) is 0 Å². The molecular weight excluding hydrogens is 338 g/mol. The zero-order valence-corrected chi connectivity index (χ0v) is 16.1. The van der Waals surface area contributed by atoms with Crippen LogP contribution < -0.4 is 0 Å². The van der Waals surface area contributed by atoms with Crippen LogP contribution in [-0.4, -0.2) is 0 Å². The van der Waals surface area contributed by atoms with Gasteiger partial charge in [0.15, 0.2) is 11.6 Å². The van der Waals surface area contributed by atoms with E-state index in [1.54, 1.807) is 19.1 Å². The minimum absolute atomic E-state index is 0.357. The molecule has 27 heavy (non-hydrogen) atoms. The van der Waals surface area contributed by atoms with Crippen molar-refractivity contribution in [2.24, 2.45) is 0 Å². The van der Waals surface area contributed by atoms with E-state index < -0.39 is 11.6 Å². The van der Waals surface area contributed by atoms with Gasteiger partial charge in [0.2, 0.25) is 0 Å². The van der Waals surface area contributed by atoms with Gasteiger partial charge >= 0.3 is 0 Å². The fraction of sp³-hybridized carbons (Fsp3) is 0.360. The van der Waals surface area contributed by atoms with E-state index in [2.05, 4.69) is 36.9 Å². The first-order valence-electron chi connectivity index (χ1n) is 9.94. The number of halogens is 2. The lowest BCUT2D eigenvalue weighted by molar-refractivity contribution is 0.499. The molecule has 0 bridgehead atoms. The number of allylic oxidation sites excluding steroid dienone is 3. The molecule has 0 spiro atoms. The van der Waals surface area contributed by atoms with Crippen LogP contribution in [0.2, 0.25) is 0 Å². The maximum atomic E-state index is 14.2. The summed E-state index contributed by atoms with van der Waals surface area (Å²) in [4.78, 5) is 0. The third kappa shape index (κ3) is 4.74. The topological polar surface area (TPSA) is 0 Å². The van der Waals surface area contributed by atoms with Crippen molar-refractivity contribution >= 4 is 5.57 Å². The van der Waals surface area contributed by atoms with E-state index in [4.69, 9.17) is 0 Å². The normalized spacial score (nSPS) is 16.9. The first-order chi connectivity index (χ1) is 13.1. The minimum Gasteiger partial charge on any atom is -0.203 e. The second kappa shape index (κ2) is 9.12. The molecule has 0 nitrogen and oxygen atoms in total. The van der Waals surface area contributed by atoms with E-state index in [0.29, 0.717) is 17.0 Å². The van der Waals surface area contributed by atoms with Gasteiger partial charge in [0.25, 0.3) is 0 Å². The Morgan fingerprint density at radius 1 is 1.04 bits per heavy atom. The number of unbranched alkanes of at least 4 members (excludes halogenated alkanes) is 2. The van der Waals surface area contributed by atoms with Crippen molar-refractivity contribution < 1.29 is 8.78 Å². The molecule has 0 heterocycles. The van der Waals surface area contributed by atoms with Gasteiger partial charge in [-0.3, -0.25) is 0 Å². The molecule has 2 heteroatoms. The highest BCUT2D eigenvalue weighted by Gasteiger charge is 2.20. The highest BCUT2D eigenvalue weighted by molar-refractivity contribution is 5.67. The zero-order chi connectivity index (χ0) is 19.2. The highest BCUT2D eigenvalue weighted by Crippen LogP contribution is 2.37. The molecule has 1 atom stereocenters. The molecule has 2 aromatic carbocycles. The van der Waals surface area contributed by atoms with Gasteiger partial charge in [0.1, 0.15) is 0 Å². The zero-order valence-electron chi connectivity index (χ0n) is 16.1. The molecule has 1 aliphatic carbocycles. The third-order valence-corrected chi connectivity index (χ3v) is 5.61. The molecule has 0 amide bonds. The summed E-state index contributed by atoms with van der Waals surface area (Å²) < 4.78 is 28.1. The largest absolute Gasteiger partial charge is 0.203 e. The molecule has 0 radical (unpaired) electrons. The van der Waals surface area contributed by atoms with Gasteiger partial charge in [-0.1, -0.05) is 48.6 Å². The van der Waals surface area contributed by atoms with Crippen LogP contribution in [-0.2, 0) is 6.42 Å². The van der Waals surface area contributed by atoms with Crippen LogP contribution in [0.15, 0.2) is 55.1 Å². The second-order valence-corrected chi connectivity index (χ2v) is 7.53. The second-order valence-electron chi connectivity index (χ2n) is 7.53. The van der Waals surface area contributed by atoms with Crippen molar-refractivity contribution in [3.8, 4) is 0 Å². The molecular formula is C25H28F2. The molecule has 2 aromatic rings. The Morgan fingerprint density at radius 3 is 2.48 bits per heavy atom. The molecule has 0 aliphatic heterocycles. The molecule has 1 aliphatic rings. The SMILES string of the molecule is C=CCCCCc1ccc(C2CC=C(c3ccc(C)c(F)c3F)CC2)cc1. The summed E-state index contributed by atoms with van der Waals surface area (Å²) in [6.07, 6.45) is 11.3. The van der Waals surface area contributed by atoms with E-state index in [9.17, 15) is 8.78 Å². The lowest BCUT2D eigenvalue weighted by atomic mass is 9.82. The maximum Gasteiger partial charge on any atom is 0.166 e. The minimum atomic E-state index is -0.723. The van der Waals surface area contributed by atoms with E-state index in [1.165, 1.54) is 24.0 Å².